The molecule has 0 saturated heterocycles. The number of nitro groups is 1. The van der Waals surface area contributed by atoms with Crippen molar-refractivity contribution in [2.45, 2.75) is 0 Å². The Kier molecular flexibility index (Phi) is 3.98. The summed E-state index contributed by atoms with van der Waals surface area (Å²) in [7, 11) is 1.42. The number of benzene rings is 1. The van der Waals surface area contributed by atoms with E-state index in [1.807, 2.05) is 0 Å². The number of nitrogen functional groups attached to an aromatic ring is 1. The molecule has 0 radical (unpaired) electrons. The zero-order valence-electron chi connectivity index (χ0n) is 11.1. The number of carbonyl (C=O) groups is 1. The van der Waals surface area contributed by atoms with Gasteiger partial charge in [0.05, 0.1) is 12.0 Å². The fourth-order valence-corrected chi connectivity index (χ4v) is 1.69. The molecule has 0 aliphatic heterocycles. The third kappa shape index (κ3) is 3.06. The lowest BCUT2D eigenvalue weighted by Crippen LogP contribution is -2.13. The Morgan fingerprint density at radius 2 is 2.19 bits per heavy atom. The number of aromatic nitrogens is 1. The monoisotopic (exact) mass is 288 g/mol. The lowest BCUT2D eigenvalue weighted by atomic mass is 10.1. The lowest BCUT2D eigenvalue weighted by molar-refractivity contribution is -0.383. The van der Waals surface area contributed by atoms with Crippen LogP contribution in [-0.4, -0.2) is 22.9 Å². The van der Waals surface area contributed by atoms with Gasteiger partial charge in [0.1, 0.15) is 11.4 Å². The van der Waals surface area contributed by atoms with Gasteiger partial charge in [0.25, 0.3) is 11.6 Å². The molecule has 2 rings (SSSR count). The number of nitrogens with one attached hydrogen (secondary N) is 1. The summed E-state index contributed by atoms with van der Waals surface area (Å²) in [5.74, 6) is -0.278. The van der Waals surface area contributed by atoms with Gasteiger partial charge in [-0.1, -0.05) is 0 Å². The van der Waals surface area contributed by atoms with E-state index in [0.717, 1.165) is 6.07 Å². The van der Waals surface area contributed by atoms with Gasteiger partial charge >= 0.3 is 0 Å². The summed E-state index contributed by atoms with van der Waals surface area (Å²) in [6.45, 7) is 0. The maximum Gasteiger partial charge on any atom is 0.292 e. The summed E-state index contributed by atoms with van der Waals surface area (Å²) in [6.07, 6.45) is 1.52. The molecule has 0 fully saturated rings. The van der Waals surface area contributed by atoms with Gasteiger partial charge in [-0.25, -0.2) is 4.98 Å². The minimum absolute atomic E-state index is 0.00416. The van der Waals surface area contributed by atoms with Gasteiger partial charge in [-0.2, -0.15) is 0 Å². The molecule has 21 heavy (non-hydrogen) atoms. The average molecular weight is 288 g/mol. The Bertz CT molecular complexity index is 702. The van der Waals surface area contributed by atoms with Crippen LogP contribution in [0.4, 0.5) is 17.1 Å². The first-order valence-corrected chi connectivity index (χ1v) is 5.87. The molecule has 2 aromatic rings. The highest BCUT2D eigenvalue weighted by Gasteiger charge is 2.16. The van der Waals surface area contributed by atoms with Crippen LogP contribution in [0.1, 0.15) is 10.4 Å². The summed E-state index contributed by atoms with van der Waals surface area (Å²) in [5, 5.41) is 13.4. The second kappa shape index (κ2) is 5.87. The standard InChI is InChI=1S/C13H12N4O4/c1-21-13-10(3-2-6-15-13)16-12(18)8-4-5-9(14)11(7-8)17(19)20/h2-7H,14H2,1H3,(H,16,18). The number of ether oxygens (including phenoxy) is 1. The number of anilines is 2. The minimum atomic E-state index is -0.642. The van der Waals surface area contributed by atoms with Gasteiger partial charge in [-0.3, -0.25) is 14.9 Å². The molecule has 0 atom stereocenters. The first-order chi connectivity index (χ1) is 10.0. The van der Waals surface area contributed by atoms with Crippen LogP contribution in [0.3, 0.4) is 0 Å². The number of carbonyl (C=O) groups excluding carboxylic acids is 1. The normalized spacial score (nSPS) is 9.95. The number of nitrogens with two attached hydrogens (primary N) is 1. The summed E-state index contributed by atoms with van der Waals surface area (Å²) in [5.41, 5.74) is 5.64. The molecule has 1 aromatic carbocycles. The topological polar surface area (TPSA) is 120 Å². The number of amides is 1. The SMILES string of the molecule is COc1ncccc1NC(=O)c1ccc(N)c([N+](=O)[O-])c1. The highest BCUT2D eigenvalue weighted by Crippen LogP contribution is 2.24. The quantitative estimate of drug-likeness (QED) is 0.503. The number of methoxy groups -OCH3 is 1. The van der Waals surface area contributed by atoms with Crippen molar-refractivity contribution in [2.24, 2.45) is 0 Å². The number of hydrogen-bond acceptors (Lipinski definition) is 6. The zero-order chi connectivity index (χ0) is 15.4. The van der Waals surface area contributed by atoms with Crippen LogP contribution in [0.5, 0.6) is 5.88 Å². The van der Waals surface area contributed by atoms with Crippen LogP contribution in [0.2, 0.25) is 0 Å². The van der Waals surface area contributed by atoms with E-state index in [1.165, 1.54) is 25.4 Å². The maximum absolute atomic E-state index is 12.1. The van der Waals surface area contributed by atoms with Crippen LogP contribution < -0.4 is 15.8 Å². The highest BCUT2D eigenvalue weighted by molar-refractivity contribution is 6.05. The summed E-state index contributed by atoms with van der Waals surface area (Å²) in [4.78, 5) is 26.2. The fourth-order valence-electron chi connectivity index (χ4n) is 1.69. The predicted octanol–water partition coefficient (Wildman–Crippen LogP) is 1.83. The lowest BCUT2D eigenvalue weighted by Gasteiger charge is -2.08. The van der Waals surface area contributed by atoms with Gasteiger partial charge in [-0.15, -0.1) is 0 Å². The van der Waals surface area contributed by atoms with Crippen molar-refractivity contribution in [3.05, 3.63) is 52.2 Å². The molecular formula is C13H12N4O4. The zero-order valence-corrected chi connectivity index (χ0v) is 11.1. The maximum atomic E-state index is 12.1. The number of rotatable bonds is 4. The summed E-state index contributed by atoms with van der Waals surface area (Å²) in [6, 6.07) is 7.07. The van der Waals surface area contributed by atoms with E-state index in [0.29, 0.717) is 5.69 Å². The van der Waals surface area contributed by atoms with E-state index in [1.54, 1.807) is 12.1 Å². The molecule has 1 amide bonds. The molecule has 8 heteroatoms. The number of hydrogen-bond donors (Lipinski definition) is 2. The molecule has 108 valence electrons. The van der Waals surface area contributed by atoms with Crippen molar-refractivity contribution < 1.29 is 14.5 Å². The van der Waals surface area contributed by atoms with Crippen molar-refractivity contribution in [1.82, 2.24) is 4.98 Å². The Balaban J connectivity index is 2.29. The first-order valence-electron chi connectivity index (χ1n) is 5.87. The molecule has 0 saturated carbocycles. The van der Waals surface area contributed by atoms with Gasteiger partial charge in [0.2, 0.25) is 5.88 Å². The average Bonchev–Trinajstić information content (AvgIpc) is 2.47. The van der Waals surface area contributed by atoms with Gasteiger partial charge < -0.3 is 15.8 Å². The largest absolute Gasteiger partial charge is 0.480 e. The molecule has 3 N–H and O–H groups in total. The molecule has 1 aromatic heterocycles. The highest BCUT2D eigenvalue weighted by atomic mass is 16.6. The van der Waals surface area contributed by atoms with E-state index in [9.17, 15) is 14.9 Å². The van der Waals surface area contributed by atoms with Gasteiger partial charge in [-0.05, 0) is 24.3 Å². The number of nitro benzene ring substituents is 1. The van der Waals surface area contributed by atoms with Crippen molar-refractivity contribution in [3.63, 3.8) is 0 Å². The van der Waals surface area contributed by atoms with E-state index in [4.69, 9.17) is 10.5 Å². The van der Waals surface area contributed by atoms with E-state index in [2.05, 4.69) is 10.3 Å². The fraction of sp³-hybridized carbons (Fsp3) is 0.0769. The number of nitrogens with zero attached hydrogens (tertiary/aromatic N) is 2. The molecule has 0 spiro atoms. The second-order valence-corrected chi connectivity index (χ2v) is 4.05. The van der Waals surface area contributed by atoms with Crippen LogP contribution >= 0.6 is 0 Å². The van der Waals surface area contributed by atoms with Crippen molar-refractivity contribution >= 4 is 23.0 Å². The second-order valence-electron chi connectivity index (χ2n) is 4.05. The van der Waals surface area contributed by atoms with Crippen molar-refractivity contribution in [1.29, 1.82) is 0 Å². The third-order valence-electron chi connectivity index (χ3n) is 2.70. The Morgan fingerprint density at radius 3 is 2.86 bits per heavy atom. The van der Waals surface area contributed by atoms with Gasteiger partial charge in [0.15, 0.2) is 0 Å². The Morgan fingerprint density at radius 1 is 1.43 bits per heavy atom. The van der Waals surface area contributed by atoms with Crippen LogP contribution in [-0.2, 0) is 0 Å². The number of pyridine rings is 1. The van der Waals surface area contributed by atoms with Crippen LogP contribution in [0, 0.1) is 10.1 Å². The summed E-state index contributed by atoms with van der Waals surface area (Å²) < 4.78 is 5.01. The predicted molar refractivity (Wildman–Crippen MR) is 76.3 cm³/mol. The van der Waals surface area contributed by atoms with Gasteiger partial charge in [0, 0.05) is 17.8 Å². The smallest absolute Gasteiger partial charge is 0.292 e. The van der Waals surface area contributed by atoms with Crippen molar-refractivity contribution in [3.8, 4) is 5.88 Å². The Labute approximate surface area is 119 Å². The minimum Gasteiger partial charge on any atom is -0.480 e. The van der Waals surface area contributed by atoms with E-state index in [-0.39, 0.29) is 22.8 Å². The molecule has 0 aliphatic rings. The molecule has 0 unspecified atom stereocenters. The molecule has 8 nitrogen and oxygen atoms in total. The first kappa shape index (κ1) is 14.3. The van der Waals surface area contributed by atoms with Crippen molar-refractivity contribution in [2.75, 3.05) is 18.2 Å². The molecular weight excluding hydrogens is 276 g/mol. The van der Waals surface area contributed by atoms with Crippen LogP contribution in [0.25, 0.3) is 0 Å². The van der Waals surface area contributed by atoms with E-state index >= 15 is 0 Å². The summed E-state index contributed by atoms with van der Waals surface area (Å²) >= 11 is 0. The molecule has 0 aliphatic carbocycles. The van der Waals surface area contributed by atoms with E-state index < -0.39 is 10.8 Å². The van der Waals surface area contributed by atoms with Crippen LogP contribution in [0.15, 0.2) is 36.5 Å². The Hall–Kier alpha value is -3.16. The molecule has 1 heterocycles. The molecule has 0 bridgehead atoms. The third-order valence-corrected chi connectivity index (χ3v) is 2.70.